The van der Waals surface area contributed by atoms with E-state index in [9.17, 15) is 0 Å². The number of nitrogens with two attached hydrogens (primary N) is 1. The zero-order valence-corrected chi connectivity index (χ0v) is 12.7. The van der Waals surface area contributed by atoms with E-state index in [4.69, 9.17) is 10.2 Å². The van der Waals surface area contributed by atoms with Gasteiger partial charge in [0.15, 0.2) is 4.67 Å². The van der Waals surface area contributed by atoms with Crippen LogP contribution in [0.25, 0.3) is 0 Å². The van der Waals surface area contributed by atoms with Gasteiger partial charge in [0.05, 0.1) is 6.04 Å². The zero-order chi connectivity index (χ0) is 13.0. The first-order valence-corrected chi connectivity index (χ1v) is 7.76. The summed E-state index contributed by atoms with van der Waals surface area (Å²) in [7, 11) is 0. The molecular formula is C14H23BrN2O. The number of likely N-dealkylation sites (N-methyl/N-ethyl adjacent to an activating group) is 1. The number of furan rings is 1. The van der Waals surface area contributed by atoms with Crippen molar-refractivity contribution in [2.24, 2.45) is 5.73 Å². The summed E-state index contributed by atoms with van der Waals surface area (Å²) < 4.78 is 6.49. The second-order valence-electron chi connectivity index (χ2n) is 5.02. The van der Waals surface area contributed by atoms with Crippen LogP contribution in [-0.4, -0.2) is 24.0 Å². The molecule has 2 N–H and O–H groups in total. The van der Waals surface area contributed by atoms with E-state index in [0.29, 0.717) is 12.6 Å². The lowest BCUT2D eigenvalue weighted by atomic mass is 9.93. The Labute approximate surface area is 118 Å². The molecule has 102 valence electrons. The third kappa shape index (κ3) is 3.16. The molecule has 0 amide bonds. The molecule has 2 rings (SSSR count). The Morgan fingerprint density at radius 1 is 1.39 bits per heavy atom. The molecular weight excluding hydrogens is 292 g/mol. The fourth-order valence-corrected chi connectivity index (χ4v) is 3.39. The lowest BCUT2D eigenvalue weighted by molar-refractivity contribution is 0.100. The topological polar surface area (TPSA) is 42.4 Å². The van der Waals surface area contributed by atoms with Crippen molar-refractivity contribution in [2.45, 2.75) is 51.1 Å². The minimum Gasteiger partial charge on any atom is -0.453 e. The number of rotatable bonds is 5. The van der Waals surface area contributed by atoms with Gasteiger partial charge < -0.3 is 10.2 Å². The molecule has 0 aromatic carbocycles. The van der Waals surface area contributed by atoms with Crippen LogP contribution in [0.15, 0.2) is 21.2 Å². The van der Waals surface area contributed by atoms with Crippen molar-refractivity contribution >= 4 is 15.9 Å². The summed E-state index contributed by atoms with van der Waals surface area (Å²) in [5.41, 5.74) is 5.98. The van der Waals surface area contributed by atoms with E-state index in [-0.39, 0.29) is 6.04 Å². The van der Waals surface area contributed by atoms with Crippen LogP contribution in [-0.2, 0) is 0 Å². The SMILES string of the molecule is CCN(C1CCCCC1)C(CN)c1ccc(Br)o1. The fourth-order valence-electron chi connectivity index (χ4n) is 3.07. The molecule has 1 aromatic heterocycles. The van der Waals surface area contributed by atoms with Gasteiger partial charge in [0.25, 0.3) is 0 Å². The highest BCUT2D eigenvalue weighted by Gasteiger charge is 2.28. The molecule has 0 aliphatic heterocycles. The third-order valence-corrected chi connectivity index (χ3v) is 4.38. The molecule has 0 saturated heterocycles. The summed E-state index contributed by atoms with van der Waals surface area (Å²) in [6.07, 6.45) is 6.67. The summed E-state index contributed by atoms with van der Waals surface area (Å²) in [4.78, 5) is 2.52. The van der Waals surface area contributed by atoms with Gasteiger partial charge in [0.2, 0.25) is 0 Å². The van der Waals surface area contributed by atoms with Crippen molar-refractivity contribution in [3.63, 3.8) is 0 Å². The van der Waals surface area contributed by atoms with E-state index in [1.807, 2.05) is 12.1 Å². The predicted octanol–water partition coefficient (Wildman–Crippen LogP) is 3.70. The molecule has 1 heterocycles. The van der Waals surface area contributed by atoms with E-state index in [1.165, 1.54) is 32.1 Å². The normalized spacial score (nSPS) is 19.3. The van der Waals surface area contributed by atoms with Gasteiger partial charge in [-0.1, -0.05) is 26.2 Å². The van der Waals surface area contributed by atoms with Crippen LogP contribution in [0.2, 0.25) is 0 Å². The number of hydrogen-bond acceptors (Lipinski definition) is 3. The van der Waals surface area contributed by atoms with Gasteiger partial charge in [0, 0.05) is 12.6 Å². The molecule has 4 heteroatoms. The number of halogens is 1. The molecule has 0 bridgehead atoms. The number of hydrogen-bond donors (Lipinski definition) is 1. The molecule has 3 nitrogen and oxygen atoms in total. The molecule has 1 fully saturated rings. The van der Waals surface area contributed by atoms with Gasteiger partial charge in [-0.05, 0) is 47.4 Å². The first-order chi connectivity index (χ1) is 8.76. The lowest BCUT2D eigenvalue weighted by Crippen LogP contribution is -2.42. The van der Waals surface area contributed by atoms with E-state index in [2.05, 4.69) is 27.8 Å². The highest BCUT2D eigenvalue weighted by molar-refractivity contribution is 9.10. The lowest BCUT2D eigenvalue weighted by Gasteiger charge is -2.38. The Balaban J connectivity index is 2.12. The molecule has 0 spiro atoms. The summed E-state index contributed by atoms with van der Waals surface area (Å²) in [5.74, 6) is 0.983. The van der Waals surface area contributed by atoms with Crippen LogP contribution in [0.3, 0.4) is 0 Å². The molecule has 1 aliphatic carbocycles. The van der Waals surface area contributed by atoms with E-state index >= 15 is 0 Å². The first kappa shape index (κ1) is 14.1. The molecule has 0 radical (unpaired) electrons. The summed E-state index contributed by atoms with van der Waals surface area (Å²) in [6.45, 7) is 3.87. The summed E-state index contributed by atoms with van der Waals surface area (Å²) in [6, 6.07) is 4.87. The minimum atomic E-state index is 0.212. The van der Waals surface area contributed by atoms with Gasteiger partial charge >= 0.3 is 0 Å². The van der Waals surface area contributed by atoms with E-state index in [0.717, 1.165) is 17.0 Å². The second-order valence-corrected chi connectivity index (χ2v) is 5.80. The maximum atomic E-state index is 5.98. The van der Waals surface area contributed by atoms with Crippen LogP contribution in [0.5, 0.6) is 0 Å². The molecule has 18 heavy (non-hydrogen) atoms. The standard InChI is InChI=1S/C14H23BrN2O/c1-2-17(11-6-4-3-5-7-11)12(10-16)13-8-9-14(15)18-13/h8-9,11-12H,2-7,10,16H2,1H3. The largest absolute Gasteiger partial charge is 0.453 e. The van der Waals surface area contributed by atoms with Crippen LogP contribution >= 0.6 is 15.9 Å². The average molecular weight is 315 g/mol. The van der Waals surface area contributed by atoms with Gasteiger partial charge in [0.1, 0.15) is 5.76 Å². The van der Waals surface area contributed by atoms with Crippen molar-refractivity contribution in [1.82, 2.24) is 4.90 Å². The maximum absolute atomic E-state index is 5.98. The number of nitrogens with zero attached hydrogens (tertiary/aromatic N) is 1. The molecule has 1 aromatic rings. The monoisotopic (exact) mass is 314 g/mol. The fraction of sp³-hybridized carbons (Fsp3) is 0.714. The van der Waals surface area contributed by atoms with E-state index in [1.54, 1.807) is 0 Å². The van der Waals surface area contributed by atoms with E-state index < -0.39 is 0 Å². The Hall–Kier alpha value is -0.320. The Morgan fingerprint density at radius 2 is 2.11 bits per heavy atom. The second kappa shape index (κ2) is 6.73. The smallest absolute Gasteiger partial charge is 0.169 e. The molecule has 1 saturated carbocycles. The minimum absolute atomic E-state index is 0.212. The molecule has 1 unspecified atom stereocenters. The van der Waals surface area contributed by atoms with Gasteiger partial charge in [-0.15, -0.1) is 0 Å². The van der Waals surface area contributed by atoms with Crippen LogP contribution in [0.4, 0.5) is 0 Å². The summed E-state index contributed by atoms with van der Waals surface area (Å²) in [5, 5.41) is 0. The van der Waals surface area contributed by atoms with Crippen LogP contribution in [0.1, 0.15) is 50.8 Å². The molecule has 1 atom stereocenters. The molecule has 1 aliphatic rings. The maximum Gasteiger partial charge on any atom is 0.169 e. The highest BCUT2D eigenvalue weighted by Crippen LogP contribution is 2.31. The Morgan fingerprint density at radius 3 is 2.61 bits per heavy atom. The van der Waals surface area contributed by atoms with Crippen LogP contribution < -0.4 is 5.73 Å². The third-order valence-electron chi connectivity index (χ3n) is 3.95. The summed E-state index contributed by atoms with van der Waals surface area (Å²) >= 11 is 3.37. The van der Waals surface area contributed by atoms with Gasteiger partial charge in [-0.25, -0.2) is 0 Å². The van der Waals surface area contributed by atoms with Gasteiger partial charge in [-0.3, -0.25) is 4.90 Å². The average Bonchev–Trinajstić information content (AvgIpc) is 2.83. The van der Waals surface area contributed by atoms with Crippen molar-refractivity contribution < 1.29 is 4.42 Å². The Bertz CT molecular complexity index is 360. The van der Waals surface area contributed by atoms with Crippen molar-refractivity contribution in [2.75, 3.05) is 13.1 Å². The van der Waals surface area contributed by atoms with Crippen molar-refractivity contribution in [1.29, 1.82) is 0 Å². The van der Waals surface area contributed by atoms with Crippen molar-refractivity contribution in [3.8, 4) is 0 Å². The van der Waals surface area contributed by atoms with Gasteiger partial charge in [-0.2, -0.15) is 0 Å². The van der Waals surface area contributed by atoms with Crippen molar-refractivity contribution in [3.05, 3.63) is 22.6 Å². The first-order valence-electron chi connectivity index (χ1n) is 6.97. The zero-order valence-electron chi connectivity index (χ0n) is 11.1. The Kier molecular flexibility index (Phi) is 5.27. The highest BCUT2D eigenvalue weighted by atomic mass is 79.9. The predicted molar refractivity (Wildman–Crippen MR) is 77.5 cm³/mol. The van der Waals surface area contributed by atoms with Crippen LogP contribution in [0, 0.1) is 0 Å². The quantitative estimate of drug-likeness (QED) is 0.901.